The van der Waals surface area contributed by atoms with Gasteiger partial charge in [-0.1, -0.05) is 29.8 Å². The molecule has 1 aliphatic rings. The lowest BCUT2D eigenvalue weighted by molar-refractivity contribution is -0.137. The molecule has 0 saturated carbocycles. The van der Waals surface area contributed by atoms with Crippen LogP contribution >= 0.6 is 0 Å². The van der Waals surface area contributed by atoms with Gasteiger partial charge in [-0.2, -0.15) is 0 Å². The highest BCUT2D eigenvalue weighted by molar-refractivity contribution is 6.39. The average molecular weight is 409 g/mol. The van der Waals surface area contributed by atoms with Gasteiger partial charge in [0.2, 0.25) is 0 Å². The second kappa shape index (κ2) is 8.98. The van der Waals surface area contributed by atoms with E-state index in [0.717, 1.165) is 11.1 Å². The molecule has 0 spiro atoms. The fourth-order valence-corrected chi connectivity index (χ4v) is 3.34. The first-order valence-electron chi connectivity index (χ1n) is 9.78. The van der Waals surface area contributed by atoms with E-state index in [1.807, 2.05) is 45.0 Å². The standard InChI is InChI=1S/C23H27N3O4/c1-15-5-7-16(8-6-15)12-23(2,3)26-22(28)21(27)25-17-9-10-18(19(11-17)29-4)20-13-24-14-30-20/h5-11,14,20H,12-13H2,1-4H3,(H,25,27)(H,26,28). The Balaban J connectivity index is 1.61. The Morgan fingerprint density at radius 3 is 2.53 bits per heavy atom. The van der Waals surface area contributed by atoms with Gasteiger partial charge >= 0.3 is 11.8 Å². The monoisotopic (exact) mass is 409 g/mol. The highest BCUT2D eigenvalue weighted by Gasteiger charge is 2.26. The van der Waals surface area contributed by atoms with Crippen LogP contribution in [0, 0.1) is 6.92 Å². The molecule has 158 valence electrons. The second-order valence-corrected chi connectivity index (χ2v) is 8.01. The van der Waals surface area contributed by atoms with Gasteiger partial charge in [-0.3, -0.25) is 14.6 Å². The number of hydrogen-bond acceptors (Lipinski definition) is 5. The van der Waals surface area contributed by atoms with Gasteiger partial charge in [0, 0.05) is 22.9 Å². The van der Waals surface area contributed by atoms with E-state index in [2.05, 4.69) is 15.6 Å². The van der Waals surface area contributed by atoms with E-state index in [4.69, 9.17) is 9.47 Å². The van der Waals surface area contributed by atoms with Crippen molar-refractivity contribution in [1.29, 1.82) is 0 Å². The molecule has 1 heterocycles. The third kappa shape index (κ3) is 5.37. The highest BCUT2D eigenvalue weighted by atomic mass is 16.5. The molecule has 1 unspecified atom stereocenters. The smallest absolute Gasteiger partial charge is 0.313 e. The Morgan fingerprint density at radius 2 is 1.90 bits per heavy atom. The Bertz CT molecular complexity index is 943. The van der Waals surface area contributed by atoms with Crippen LogP contribution in [0.1, 0.15) is 36.6 Å². The van der Waals surface area contributed by atoms with Crippen LogP contribution < -0.4 is 15.4 Å². The zero-order chi connectivity index (χ0) is 21.7. The Labute approximate surface area is 176 Å². The zero-order valence-corrected chi connectivity index (χ0v) is 17.7. The molecule has 30 heavy (non-hydrogen) atoms. The summed E-state index contributed by atoms with van der Waals surface area (Å²) in [6.45, 7) is 6.32. The van der Waals surface area contributed by atoms with Crippen molar-refractivity contribution in [3.05, 3.63) is 59.2 Å². The number of nitrogens with one attached hydrogen (secondary N) is 2. The van der Waals surface area contributed by atoms with Crippen molar-refractivity contribution in [2.75, 3.05) is 19.0 Å². The molecule has 1 aliphatic heterocycles. The predicted octanol–water partition coefficient (Wildman–Crippen LogP) is 3.18. The van der Waals surface area contributed by atoms with Crippen molar-refractivity contribution in [3.8, 4) is 5.75 Å². The molecule has 0 radical (unpaired) electrons. The fourth-order valence-electron chi connectivity index (χ4n) is 3.34. The van der Waals surface area contributed by atoms with Crippen LogP contribution in [0.15, 0.2) is 47.5 Å². The van der Waals surface area contributed by atoms with Crippen LogP contribution in [-0.2, 0) is 20.7 Å². The molecule has 0 aromatic heterocycles. The zero-order valence-electron chi connectivity index (χ0n) is 17.7. The van der Waals surface area contributed by atoms with Crippen LogP contribution in [0.5, 0.6) is 5.75 Å². The largest absolute Gasteiger partial charge is 0.496 e. The lowest BCUT2D eigenvalue weighted by atomic mass is 9.94. The molecule has 7 heteroatoms. The third-order valence-electron chi connectivity index (χ3n) is 4.83. The number of nitrogens with zero attached hydrogens (tertiary/aromatic N) is 1. The molecule has 2 aromatic carbocycles. The Hall–Kier alpha value is -3.35. The van der Waals surface area contributed by atoms with E-state index < -0.39 is 17.4 Å². The molecule has 3 rings (SSSR count). The maximum absolute atomic E-state index is 12.4. The van der Waals surface area contributed by atoms with Gasteiger partial charge in [-0.05, 0) is 44.9 Å². The van der Waals surface area contributed by atoms with E-state index >= 15 is 0 Å². The van der Waals surface area contributed by atoms with E-state index in [9.17, 15) is 9.59 Å². The Morgan fingerprint density at radius 1 is 1.17 bits per heavy atom. The molecule has 2 N–H and O–H groups in total. The van der Waals surface area contributed by atoms with Gasteiger partial charge in [0.05, 0.1) is 13.7 Å². The molecule has 0 fully saturated rings. The molecule has 0 bridgehead atoms. The first-order valence-corrected chi connectivity index (χ1v) is 9.78. The van der Waals surface area contributed by atoms with Gasteiger partial charge < -0.3 is 20.1 Å². The van der Waals surface area contributed by atoms with Gasteiger partial charge in [0.15, 0.2) is 6.40 Å². The summed E-state index contributed by atoms with van der Waals surface area (Å²) in [6, 6.07) is 13.3. The number of hydrogen-bond donors (Lipinski definition) is 2. The van der Waals surface area contributed by atoms with E-state index in [1.54, 1.807) is 25.3 Å². The number of aryl methyl sites for hydroxylation is 1. The van der Waals surface area contributed by atoms with Crippen molar-refractivity contribution in [2.24, 2.45) is 4.99 Å². The number of benzene rings is 2. The van der Waals surface area contributed by atoms with Crippen LogP contribution in [0.2, 0.25) is 0 Å². The summed E-state index contributed by atoms with van der Waals surface area (Å²) in [5.74, 6) is -0.867. The molecule has 2 amide bonds. The topological polar surface area (TPSA) is 89.0 Å². The number of anilines is 1. The Kier molecular flexibility index (Phi) is 6.40. The minimum absolute atomic E-state index is 0.212. The van der Waals surface area contributed by atoms with Crippen LogP contribution in [0.25, 0.3) is 0 Å². The lowest BCUT2D eigenvalue weighted by Gasteiger charge is -2.26. The van der Waals surface area contributed by atoms with Crippen LogP contribution in [-0.4, -0.2) is 37.4 Å². The molecular weight excluding hydrogens is 382 g/mol. The van der Waals surface area contributed by atoms with Crippen molar-refractivity contribution < 1.29 is 19.1 Å². The predicted molar refractivity (Wildman–Crippen MR) is 116 cm³/mol. The maximum atomic E-state index is 12.4. The number of amides is 2. The van der Waals surface area contributed by atoms with Crippen molar-refractivity contribution in [2.45, 2.75) is 38.8 Å². The highest BCUT2D eigenvalue weighted by Crippen LogP contribution is 2.32. The normalized spacial score (nSPS) is 15.4. The summed E-state index contributed by atoms with van der Waals surface area (Å²) in [7, 11) is 1.54. The number of rotatable bonds is 6. The quantitative estimate of drug-likeness (QED) is 0.717. The average Bonchev–Trinajstić information content (AvgIpc) is 3.23. The molecule has 2 aromatic rings. The van der Waals surface area contributed by atoms with E-state index in [-0.39, 0.29) is 6.10 Å². The van der Waals surface area contributed by atoms with Gasteiger partial charge in [-0.25, -0.2) is 0 Å². The summed E-state index contributed by atoms with van der Waals surface area (Å²) in [5, 5.41) is 5.43. The minimum Gasteiger partial charge on any atom is -0.496 e. The SMILES string of the molecule is COc1cc(NC(=O)C(=O)NC(C)(C)Cc2ccc(C)cc2)ccc1C1CN=CO1. The van der Waals surface area contributed by atoms with Crippen molar-refractivity contribution in [3.63, 3.8) is 0 Å². The number of aliphatic imine (C=N–C) groups is 1. The van der Waals surface area contributed by atoms with Gasteiger partial charge in [0.25, 0.3) is 0 Å². The number of carbonyl (C=O) groups excluding carboxylic acids is 2. The van der Waals surface area contributed by atoms with Gasteiger partial charge in [0.1, 0.15) is 11.9 Å². The lowest BCUT2D eigenvalue weighted by Crippen LogP contribution is -2.49. The van der Waals surface area contributed by atoms with Crippen molar-refractivity contribution >= 4 is 23.9 Å². The van der Waals surface area contributed by atoms with Crippen molar-refractivity contribution in [1.82, 2.24) is 5.32 Å². The second-order valence-electron chi connectivity index (χ2n) is 8.01. The number of ether oxygens (including phenoxy) is 2. The summed E-state index contributed by atoms with van der Waals surface area (Å²) >= 11 is 0. The minimum atomic E-state index is -0.734. The summed E-state index contributed by atoms with van der Waals surface area (Å²) in [4.78, 5) is 28.9. The summed E-state index contributed by atoms with van der Waals surface area (Å²) in [5.41, 5.74) is 2.98. The molecule has 0 saturated heterocycles. The maximum Gasteiger partial charge on any atom is 0.313 e. The number of carbonyl (C=O) groups is 2. The summed E-state index contributed by atoms with van der Waals surface area (Å²) < 4.78 is 10.8. The van der Waals surface area contributed by atoms with E-state index in [1.165, 1.54) is 12.0 Å². The van der Waals surface area contributed by atoms with Crippen LogP contribution in [0.4, 0.5) is 5.69 Å². The molecular formula is C23H27N3O4. The van der Waals surface area contributed by atoms with E-state index in [0.29, 0.717) is 24.4 Å². The first-order chi connectivity index (χ1) is 14.3. The van der Waals surface area contributed by atoms with Gasteiger partial charge in [-0.15, -0.1) is 0 Å². The third-order valence-corrected chi connectivity index (χ3v) is 4.83. The molecule has 0 aliphatic carbocycles. The summed E-state index contributed by atoms with van der Waals surface area (Å²) in [6.07, 6.45) is 1.82. The fraction of sp³-hybridized carbons (Fsp3) is 0.348. The first kappa shape index (κ1) is 21.4. The molecule has 1 atom stereocenters. The molecule has 7 nitrogen and oxygen atoms in total. The number of methoxy groups -OCH3 is 1. The van der Waals surface area contributed by atoms with Crippen LogP contribution in [0.3, 0.4) is 0 Å².